The molecule has 0 unspecified atom stereocenters. The van der Waals surface area contributed by atoms with E-state index in [1.807, 2.05) is 17.4 Å². The van der Waals surface area contributed by atoms with Crippen LogP contribution in [-0.2, 0) is 10.8 Å². The summed E-state index contributed by atoms with van der Waals surface area (Å²) in [6, 6.07) is 51.5. The van der Waals surface area contributed by atoms with Crippen LogP contribution in [0.25, 0.3) is 54.0 Å². The molecule has 0 saturated heterocycles. The van der Waals surface area contributed by atoms with E-state index in [0.717, 1.165) is 49.6 Å². The highest BCUT2D eigenvalue weighted by Gasteiger charge is 2.45. The first-order valence-electron chi connectivity index (χ1n) is 20.3. The van der Waals surface area contributed by atoms with Crippen molar-refractivity contribution in [3.63, 3.8) is 0 Å². The lowest BCUT2D eigenvalue weighted by molar-refractivity contribution is 0.590. The van der Waals surface area contributed by atoms with Gasteiger partial charge in [0.15, 0.2) is 0 Å². The summed E-state index contributed by atoms with van der Waals surface area (Å²) in [6.07, 6.45) is 0. The van der Waals surface area contributed by atoms with Crippen LogP contribution in [0.5, 0.6) is 0 Å². The van der Waals surface area contributed by atoms with Gasteiger partial charge in [0.25, 0.3) is 6.71 Å². The molecule has 0 amide bonds. The predicted octanol–water partition coefficient (Wildman–Crippen LogP) is 13.4. The van der Waals surface area contributed by atoms with Crippen LogP contribution >= 0.6 is 11.3 Å². The van der Waals surface area contributed by atoms with Gasteiger partial charge < -0.3 is 18.6 Å². The molecule has 0 saturated carbocycles. The maximum Gasteiger partial charge on any atom is 0.264 e. The lowest BCUT2D eigenvalue weighted by Crippen LogP contribution is -2.60. The summed E-state index contributed by atoms with van der Waals surface area (Å²) in [5.41, 5.74) is 16.0. The van der Waals surface area contributed by atoms with Crippen molar-refractivity contribution >= 4 is 122 Å². The van der Waals surface area contributed by atoms with Crippen LogP contribution in [0.1, 0.15) is 52.7 Å². The highest BCUT2D eigenvalue weighted by molar-refractivity contribution is 7.33. The zero-order valence-electron chi connectivity index (χ0n) is 33.5. The smallest absolute Gasteiger partial charge is 0.264 e. The minimum Gasteiger partial charge on any atom is -0.456 e. The van der Waals surface area contributed by atoms with Gasteiger partial charge in [0.1, 0.15) is 22.3 Å². The van der Waals surface area contributed by atoms with Crippen LogP contribution < -0.4 is 25.5 Å². The fourth-order valence-corrected chi connectivity index (χ4v) is 10.9. The summed E-state index contributed by atoms with van der Waals surface area (Å²) >= 11 is 1.94. The molecule has 3 aromatic heterocycles. The molecule has 6 heteroatoms. The molecule has 0 fully saturated rings. The van der Waals surface area contributed by atoms with Crippen LogP contribution in [0.3, 0.4) is 0 Å². The molecule has 0 spiro atoms. The van der Waals surface area contributed by atoms with Crippen molar-refractivity contribution in [2.75, 3.05) is 9.80 Å². The Morgan fingerprint density at radius 1 is 0.466 bits per heavy atom. The van der Waals surface area contributed by atoms with E-state index in [0.29, 0.717) is 0 Å². The van der Waals surface area contributed by atoms with E-state index in [-0.39, 0.29) is 17.5 Å². The van der Waals surface area contributed by atoms with Gasteiger partial charge >= 0.3 is 0 Å². The summed E-state index contributed by atoms with van der Waals surface area (Å²) in [6.45, 7) is 13.8. The fraction of sp³-hybridized carbons (Fsp3) is 0.154. The lowest BCUT2D eigenvalue weighted by atomic mass is 9.36. The molecule has 2 aliphatic heterocycles. The van der Waals surface area contributed by atoms with Crippen molar-refractivity contribution in [3.05, 3.63) is 151 Å². The normalized spacial score (nSPS) is 13.9. The number of rotatable bonds is 2. The molecule has 5 heterocycles. The number of fused-ring (bicyclic) bond motifs is 12. The van der Waals surface area contributed by atoms with E-state index in [1.165, 1.54) is 65.4 Å². The van der Waals surface area contributed by atoms with Gasteiger partial charge in [-0.15, -0.1) is 11.3 Å². The third kappa shape index (κ3) is 4.75. The largest absolute Gasteiger partial charge is 0.456 e. The fourth-order valence-electron chi connectivity index (χ4n) is 9.61. The Morgan fingerprint density at radius 2 is 1.07 bits per heavy atom. The molecular formula is C52H41BN2O2S. The second-order valence-corrected chi connectivity index (χ2v) is 19.3. The molecule has 0 atom stereocenters. The topological polar surface area (TPSA) is 32.8 Å². The van der Waals surface area contributed by atoms with Crippen molar-refractivity contribution in [3.8, 4) is 0 Å². The summed E-state index contributed by atoms with van der Waals surface area (Å²) < 4.78 is 15.7. The van der Waals surface area contributed by atoms with Gasteiger partial charge in [0.05, 0.1) is 5.69 Å². The molecule has 280 valence electrons. The van der Waals surface area contributed by atoms with E-state index in [4.69, 9.17) is 8.83 Å². The molecule has 4 nitrogen and oxygen atoms in total. The Hall–Kier alpha value is -6.24. The van der Waals surface area contributed by atoms with Crippen molar-refractivity contribution in [2.24, 2.45) is 0 Å². The average Bonchev–Trinajstić information content (AvgIpc) is 3.90. The van der Waals surface area contributed by atoms with E-state index >= 15 is 0 Å². The third-order valence-corrected chi connectivity index (χ3v) is 13.8. The molecule has 0 bridgehead atoms. The standard InChI is InChI=1S/C52H41BN2O2S/c1-51(2,3)30-18-21-32(22-19-30)55-41-15-11-14-40-48(41)53(50-49(55)38-26-31(52(4,5)6)20-25-47(38)58-50)39-29-46-37(35-13-8-10-17-44(35)57-46)28-42(39)54(40)33-23-24-45-36(27-33)34-12-7-9-16-43(34)56-45/h7-29H,1-6H3. The lowest BCUT2D eigenvalue weighted by Gasteiger charge is -2.43. The number of nitrogens with zero attached hydrogens (tertiary/aromatic N) is 2. The Bertz CT molecular complexity index is 3340. The zero-order valence-corrected chi connectivity index (χ0v) is 34.3. The van der Waals surface area contributed by atoms with Crippen molar-refractivity contribution in [1.82, 2.24) is 0 Å². The number of furan rings is 2. The molecular weight excluding hydrogens is 727 g/mol. The molecule has 2 aliphatic rings. The quantitative estimate of drug-likeness (QED) is 0.164. The number of benzene rings is 7. The van der Waals surface area contributed by atoms with Crippen LogP contribution in [0.2, 0.25) is 0 Å². The summed E-state index contributed by atoms with van der Waals surface area (Å²) in [7, 11) is 0. The number of thiophene rings is 1. The number of hydrogen-bond donors (Lipinski definition) is 0. The number of para-hydroxylation sites is 2. The molecule has 0 aliphatic carbocycles. The van der Waals surface area contributed by atoms with Gasteiger partial charge in [-0.2, -0.15) is 0 Å². The Kier molecular flexibility index (Phi) is 6.82. The van der Waals surface area contributed by atoms with Crippen molar-refractivity contribution in [2.45, 2.75) is 52.4 Å². The van der Waals surface area contributed by atoms with E-state index in [1.54, 1.807) is 0 Å². The molecule has 10 aromatic rings. The van der Waals surface area contributed by atoms with Gasteiger partial charge in [-0.3, -0.25) is 0 Å². The molecule has 58 heavy (non-hydrogen) atoms. The predicted molar refractivity (Wildman–Crippen MR) is 248 cm³/mol. The van der Waals surface area contributed by atoms with Crippen LogP contribution in [0.4, 0.5) is 34.1 Å². The van der Waals surface area contributed by atoms with Gasteiger partial charge in [-0.1, -0.05) is 102 Å². The highest BCUT2D eigenvalue weighted by Crippen LogP contribution is 2.49. The second kappa shape index (κ2) is 11.7. The number of anilines is 6. The first-order valence-corrected chi connectivity index (χ1v) is 21.1. The number of hydrogen-bond acceptors (Lipinski definition) is 5. The third-order valence-electron chi connectivity index (χ3n) is 12.6. The SMILES string of the molecule is CC(C)(C)c1ccc(N2c3cccc4c3B(c3cc5oc6ccccc6c5cc3N4c3ccc4oc5ccccc5c4c3)c3sc4ccc(C(C)(C)C)cc4c32)cc1. The van der Waals surface area contributed by atoms with E-state index in [9.17, 15) is 0 Å². The van der Waals surface area contributed by atoms with Gasteiger partial charge in [0.2, 0.25) is 0 Å². The average molecular weight is 769 g/mol. The summed E-state index contributed by atoms with van der Waals surface area (Å²) in [5, 5.41) is 5.78. The summed E-state index contributed by atoms with van der Waals surface area (Å²) in [4.78, 5) is 5.04. The van der Waals surface area contributed by atoms with Crippen molar-refractivity contribution in [1.29, 1.82) is 0 Å². The first kappa shape index (κ1) is 33.9. The van der Waals surface area contributed by atoms with Crippen LogP contribution in [-0.4, -0.2) is 6.71 Å². The highest BCUT2D eigenvalue weighted by atomic mass is 32.1. The van der Waals surface area contributed by atoms with Crippen molar-refractivity contribution < 1.29 is 8.83 Å². The minimum absolute atomic E-state index is 0.00813. The molecule has 0 radical (unpaired) electrons. The Labute approximate surface area is 342 Å². The Morgan fingerprint density at radius 3 is 1.78 bits per heavy atom. The summed E-state index contributed by atoms with van der Waals surface area (Å²) in [5.74, 6) is 0. The molecule has 12 rings (SSSR count). The van der Waals surface area contributed by atoms with E-state index in [2.05, 4.69) is 185 Å². The maximum atomic E-state index is 6.68. The zero-order chi connectivity index (χ0) is 39.2. The van der Waals surface area contributed by atoms with Gasteiger partial charge in [0, 0.05) is 64.8 Å². The molecule has 7 aromatic carbocycles. The second-order valence-electron chi connectivity index (χ2n) is 18.2. The van der Waals surface area contributed by atoms with E-state index < -0.39 is 0 Å². The maximum absolute atomic E-state index is 6.68. The molecule has 0 N–H and O–H groups in total. The monoisotopic (exact) mass is 768 g/mol. The minimum atomic E-state index is -0.0101. The van der Waals surface area contributed by atoms with Crippen LogP contribution in [0, 0.1) is 0 Å². The Balaban J connectivity index is 1.19. The van der Waals surface area contributed by atoms with Gasteiger partial charge in [-0.05, 0) is 112 Å². The van der Waals surface area contributed by atoms with Crippen LogP contribution in [0.15, 0.2) is 148 Å². The van der Waals surface area contributed by atoms with Gasteiger partial charge in [-0.25, -0.2) is 0 Å². The first-order chi connectivity index (χ1) is 28.0.